The van der Waals surface area contributed by atoms with Gasteiger partial charge in [0.05, 0.1) is 0 Å². The molecule has 1 amide bonds. The zero-order valence-electron chi connectivity index (χ0n) is 7.81. The average Bonchev–Trinajstić information content (AvgIpc) is 2.80. The van der Waals surface area contributed by atoms with Gasteiger partial charge in [-0.1, -0.05) is 15.9 Å². The summed E-state index contributed by atoms with van der Waals surface area (Å²) in [5, 5.41) is 4.08. The van der Waals surface area contributed by atoms with Crippen LogP contribution < -0.4 is 5.32 Å². The number of carbonyl (C=O) groups excluding carboxylic acids is 1. The van der Waals surface area contributed by atoms with E-state index in [1.54, 1.807) is 0 Å². The summed E-state index contributed by atoms with van der Waals surface area (Å²) in [5.74, 6) is 0.967. The zero-order valence-corrected chi connectivity index (χ0v) is 9.40. The molecule has 0 unspecified atom stereocenters. The van der Waals surface area contributed by atoms with Crippen LogP contribution in [0.25, 0.3) is 0 Å². The third kappa shape index (κ3) is 2.25. The van der Waals surface area contributed by atoms with E-state index in [1.165, 1.54) is 19.3 Å². The molecular formula is C10H16BrNO. The van der Waals surface area contributed by atoms with Gasteiger partial charge in [0.15, 0.2) is 0 Å². The van der Waals surface area contributed by atoms with E-state index in [1.807, 2.05) is 0 Å². The van der Waals surface area contributed by atoms with Crippen molar-refractivity contribution in [2.75, 3.05) is 5.33 Å². The van der Waals surface area contributed by atoms with Crippen molar-refractivity contribution in [1.29, 1.82) is 0 Å². The standard InChI is InChI=1S/C10H16BrNO/c11-7-10(4-1-5-10)12-9(13)6-8-2-3-8/h8H,1-7H2,(H,12,13). The lowest BCUT2D eigenvalue weighted by atomic mass is 9.78. The Bertz CT molecular complexity index is 203. The van der Waals surface area contributed by atoms with E-state index in [0.717, 1.165) is 24.6 Å². The molecule has 0 aliphatic heterocycles. The Kier molecular flexibility index (Phi) is 2.63. The van der Waals surface area contributed by atoms with Crippen LogP contribution in [-0.4, -0.2) is 16.8 Å². The number of hydrogen-bond acceptors (Lipinski definition) is 1. The van der Waals surface area contributed by atoms with Gasteiger partial charge in [0.1, 0.15) is 0 Å². The number of rotatable bonds is 4. The van der Waals surface area contributed by atoms with Gasteiger partial charge >= 0.3 is 0 Å². The Morgan fingerprint density at radius 1 is 1.46 bits per heavy atom. The Labute approximate surface area is 87.6 Å². The molecule has 0 aromatic heterocycles. The summed E-state index contributed by atoms with van der Waals surface area (Å²) in [6.07, 6.45) is 6.83. The fourth-order valence-corrected chi connectivity index (χ4v) is 2.53. The second kappa shape index (κ2) is 3.60. The maximum absolute atomic E-state index is 11.5. The highest BCUT2D eigenvalue weighted by molar-refractivity contribution is 9.09. The maximum Gasteiger partial charge on any atom is 0.220 e. The minimum atomic E-state index is 0.117. The van der Waals surface area contributed by atoms with Gasteiger partial charge in [-0.2, -0.15) is 0 Å². The van der Waals surface area contributed by atoms with Crippen molar-refractivity contribution in [3.05, 3.63) is 0 Å². The van der Waals surface area contributed by atoms with Crippen LogP contribution >= 0.6 is 15.9 Å². The van der Waals surface area contributed by atoms with Crippen molar-refractivity contribution >= 4 is 21.8 Å². The van der Waals surface area contributed by atoms with Crippen LogP contribution in [0.2, 0.25) is 0 Å². The molecule has 0 saturated heterocycles. The van der Waals surface area contributed by atoms with E-state index in [9.17, 15) is 4.79 Å². The minimum absolute atomic E-state index is 0.117. The van der Waals surface area contributed by atoms with Crippen molar-refractivity contribution < 1.29 is 4.79 Å². The molecule has 2 nitrogen and oxygen atoms in total. The number of halogens is 1. The van der Waals surface area contributed by atoms with Crippen LogP contribution in [0, 0.1) is 5.92 Å². The van der Waals surface area contributed by atoms with Crippen molar-refractivity contribution in [3.63, 3.8) is 0 Å². The fourth-order valence-electron chi connectivity index (χ4n) is 1.83. The highest BCUT2D eigenvalue weighted by Gasteiger charge is 2.38. The first-order valence-corrected chi connectivity index (χ1v) is 6.23. The molecule has 74 valence electrons. The Balaban J connectivity index is 1.77. The smallest absolute Gasteiger partial charge is 0.220 e. The Hall–Kier alpha value is -0.0500. The topological polar surface area (TPSA) is 29.1 Å². The summed E-state index contributed by atoms with van der Waals surface area (Å²) in [4.78, 5) is 11.5. The second-order valence-electron chi connectivity index (χ2n) is 4.46. The number of alkyl halides is 1. The van der Waals surface area contributed by atoms with Crippen molar-refractivity contribution in [1.82, 2.24) is 5.32 Å². The molecule has 0 atom stereocenters. The fraction of sp³-hybridized carbons (Fsp3) is 0.900. The summed E-state index contributed by atoms with van der Waals surface area (Å²) in [6, 6.07) is 0. The van der Waals surface area contributed by atoms with Gasteiger partial charge in [0.25, 0.3) is 0 Å². The van der Waals surface area contributed by atoms with Gasteiger partial charge < -0.3 is 5.32 Å². The average molecular weight is 246 g/mol. The number of hydrogen-bond donors (Lipinski definition) is 1. The second-order valence-corrected chi connectivity index (χ2v) is 5.02. The molecule has 0 aromatic carbocycles. The minimum Gasteiger partial charge on any atom is -0.350 e. The number of amides is 1. The van der Waals surface area contributed by atoms with Crippen molar-refractivity contribution in [2.24, 2.45) is 5.92 Å². The molecule has 0 bridgehead atoms. The van der Waals surface area contributed by atoms with Crippen LogP contribution in [0.15, 0.2) is 0 Å². The van der Waals surface area contributed by atoms with Gasteiger partial charge in [0, 0.05) is 17.3 Å². The van der Waals surface area contributed by atoms with E-state index in [4.69, 9.17) is 0 Å². The molecule has 1 N–H and O–H groups in total. The number of carbonyl (C=O) groups is 1. The molecule has 0 heterocycles. The molecule has 13 heavy (non-hydrogen) atoms. The van der Waals surface area contributed by atoms with Crippen molar-refractivity contribution in [2.45, 2.75) is 44.1 Å². The molecule has 2 saturated carbocycles. The van der Waals surface area contributed by atoms with Gasteiger partial charge in [-0.3, -0.25) is 4.79 Å². The summed E-state index contributed by atoms with van der Waals surface area (Å²) >= 11 is 3.48. The summed E-state index contributed by atoms with van der Waals surface area (Å²) in [7, 11) is 0. The molecule has 0 radical (unpaired) electrons. The molecule has 2 aliphatic carbocycles. The maximum atomic E-state index is 11.5. The molecular weight excluding hydrogens is 230 g/mol. The summed E-state index contributed by atoms with van der Waals surface area (Å²) < 4.78 is 0. The quantitative estimate of drug-likeness (QED) is 0.757. The van der Waals surface area contributed by atoms with E-state index >= 15 is 0 Å². The largest absolute Gasteiger partial charge is 0.350 e. The predicted molar refractivity (Wildman–Crippen MR) is 55.9 cm³/mol. The lowest BCUT2D eigenvalue weighted by Crippen LogP contribution is -2.54. The lowest BCUT2D eigenvalue weighted by molar-refractivity contribution is -0.124. The third-order valence-electron chi connectivity index (χ3n) is 3.14. The SMILES string of the molecule is O=C(CC1CC1)NC1(CBr)CCC1. The third-order valence-corrected chi connectivity index (χ3v) is 4.22. The highest BCUT2D eigenvalue weighted by atomic mass is 79.9. The molecule has 0 aromatic rings. The first-order valence-electron chi connectivity index (χ1n) is 5.11. The molecule has 2 fully saturated rings. The normalized spacial score (nSPS) is 25.0. The molecule has 2 rings (SSSR count). The van der Waals surface area contributed by atoms with Crippen molar-refractivity contribution in [3.8, 4) is 0 Å². The van der Waals surface area contributed by atoms with E-state index < -0.39 is 0 Å². The molecule has 3 heteroatoms. The Morgan fingerprint density at radius 2 is 2.15 bits per heavy atom. The van der Waals surface area contributed by atoms with Crippen LogP contribution in [0.1, 0.15) is 38.5 Å². The van der Waals surface area contributed by atoms with Crippen LogP contribution in [0.5, 0.6) is 0 Å². The van der Waals surface area contributed by atoms with Gasteiger partial charge in [0.2, 0.25) is 5.91 Å². The Morgan fingerprint density at radius 3 is 2.54 bits per heavy atom. The first kappa shape index (κ1) is 9.50. The first-order chi connectivity index (χ1) is 6.24. The summed E-state index contributed by atoms with van der Waals surface area (Å²) in [5.41, 5.74) is 0.117. The predicted octanol–water partition coefficient (Wildman–Crippen LogP) is 2.22. The van der Waals surface area contributed by atoms with Crippen LogP contribution in [0.4, 0.5) is 0 Å². The van der Waals surface area contributed by atoms with Gasteiger partial charge in [-0.15, -0.1) is 0 Å². The monoisotopic (exact) mass is 245 g/mol. The molecule has 0 spiro atoms. The molecule has 2 aliphatic rings. The van der Waals surface area contributed by atoms with Crippen LogP contribution in [-0.2, 0) is 4.79 Å². The van der Waals surface area contributed by atoms with Gasteiger partial charge in [-0.05, 0) is 38.0 Å². The van der Waals surface area contributed by atoms with E-state index in [2.05, 4.69) is 21.2 Å². The van der Waals surface area contributed by atoms with Gasteiger partial charge in [-0.25, -0.2) is 0 Å². The summed E-state index contributed by atoms with van der Waals surface area (Å²) in [6.45, 7) is 0. The van der Waals surface area contributed by atoms with E-state index in [0.29, 0.717) is 5.92 Å². The number of nitrogens with one attached hydrogen (secondary N) is 1. The lowest BCUT2D eigenvalue weighted by Gasteiger charge is -2.41. The van der Waals surface area contributed by atoms with Crippen LogP contribution in [0.3, 0.4) is 0 Å². The zero-order chi connectivity index (χ0) is 9.31. The van der Waals surface area contributed by atoms with E-state index in [-0.39, 0.29) is 11.4 Å². The highest BCUT2D eigenvalue weighted by Crippen LogP contribution is 2.35.